The van der Waals surface area contributed by atoms with Crippen molar-refractivity contribution in [1.82, 2.24) is 0 Å². The van der Waals surface area contributed by atoms with Gasteiger partial charge < -0.3 is 0 Å². The van der Waals surface area contributed by atoms with Crippen molar-refractivity contribution in [3.8, 4) is 6.07 Å². The average Bonchev–Trinajstić information content (AvgIpc) is 2.13. The summed E-state index contributed by atoms with van der Waals surface area (Å²) in [4.78, 5) is 0. The Labute approximate surface area is 109 Å². The van der Waals surface area contributed by atoms with Crippen LogP contribution in [0.2, 0.25) is 25.2 Å². The molecule has 0 amide bonds. The second-order valence-electron chi connectivity index (χ2n) is 4.45. The molecule has 0 N–H and O–H groups in total. The van der Waals surface area contributed by atoms with Crippen LogP contribution < -0.4 is 0 Å². The quantitative estimate of drug-likeness (QED) is 0.368. The lowest BCUT2D eigenvalue weighted by atomic mass is 10.4. The largest absolute Gasteiger partial charge is 0.616 e. The molecule has 0 aromatic heterocycles. The number of rotatable bonds is 6. The van der Waals surface area contributed by atoms with Gasteiger partial charge in [0.05, 0.1) is 6.07 Å². The van der Waals surface area contributed by atoms with Crippen molar-refractivity contribution >= 4 is 27.5 Å². The normalized spacial score (nSPS) is 11.4. The van der Waals surface area contributed by atoms with Gasteiger partial charge in [0.25, 0.3) is 0 Å². The Morgan fingerprint density at radius 2 is 1.65 bits per heavy atom. The highest BCUT2D eigenvalue weighted by molar-refractivity contribution is 7.19. The highest BCUT2D eigenvalue weighted by Gasteiger charge is 2.34. The van der Waals surface area contributed by atoms with Gasteiger partial charge in [0.1, 0.15) is 0 Å². The summed E-state index contributed by atoms with van der Waals surface area (Å²) in [6.45, 7) is 5.97. The number of unbranched alkanes of at least 4 members (excludes halogenated alkanes) is 2. The fraction of sp³-hybridized carbons (Fsp3) is 0.900. The molecule has 0 spiro atoms. The lowest BCUT2D eigenvalue weighted by Gasteiger charge is -2.09. The van der Waals surface area contributed by atoms with Crippen molar-refractivity contribution in [2.75, 3.05) is 0 Å². The Morgan fingerprint density at radius 1 is 1.12 bits per heavy atom. The Kier molecular flexibility index (Phi) is 11.4. The highest BCUT2D eigenvalue weighted by Crippen LogP contribution is 2.17. The first kappa shape index (κ1) is 19.3. The lowest BCUT2D eigenvalue weighted by Crippen LogP contribution is -2.14. The molecule has 7 heteroatoms. The fourth-order valence-electron chi connectivity index (χ4n) is 0.965. The van der Waals surface area contributed by atoms with Crippen LogP contribution in [-0.4, -0.2) is 16.5 Å². The minimum absolute atomic E-state index is 0.315. The molecule has 0 bridgehead atoms. The zero-order valence-corrected chi connectivity index (χ0v) is 13.5. The van der Waals surface area contributed by atoms with Crippen molar-refractivity contribution in [2.45, 2.75) is 57.8 Å². The summed E-state index contributed by atoms with van der Waals surface area (Å²) in [5.41, 5.74) is 0. The SMILES string of the molecule is CCCC[Si](F)(F)F.C[Si](C)(Cl)CCCC#N. The molecule has 17 heavy (non-hydrogen) atoms. The molecule has 0 aliphatic rings. The van der Waals surface area contributed by atoms with E-state index in [0.29, 0.717) is 19.3 Å². The van der Waals surface area contributed by atoms with E-state index in [1.54, 1.807) is 6.92 Å². The lowest BCUT2D eigenvalue weighted by molar-refractivity contribution is 0.463. The van der Waals surface area contributed by atoms with Crippen molar-refractivity contribution < 1.29 is 12.3 Å². The molecule has 0 aromatic rings. The van der Waals surface area contributed by atoms with E-state index in [2.05, 4.69) is 19.2 Å². The minimum Gasteiger partial charge on any atom is -0.238 e. The molecule has 0 aliphatic carbocycles. The zero-order chi connectivity index (χ0) is 13.9. The highest BCUT2D eigenvalue weighted by atomic mass is 35.6. The summed E-state index contributed by atoms with van der Waals surface area (Å²) >= 11 is 6.00. The van der Waals surface area contributed by atoms with Crippen LogP contribution in [0.1, 0.15) is 32.6 Å². The second-order valence-corrected chi connectivity index (χ2v) is 13.2. The summed E-state index contributed by atoms with van der Waals surface area (Å²) < 4.78 is 34.1. The van der Waals surface area contributed by atoms with E-state index >= 15 is 0 Å². The third kappa shape index (κ3) is 25.9. The van der Waals surface area contributed by atoms with Gasteiger partial charge in [-0.1, -0.05) is 26.4 Å². The average molecular weight is 304 g/mol. The van der Waals surface area contributed by atoms with Gasteiger partial charge in [-0.2, -0.15) is 16.3 Å². The summed E-state index contributed by atoms with van der Waals surface area (Å²) in [6.07, 6.45) is 2.59. The number of halogens is 4. The molecule has 0 heterocycles. The molecule has 0 saturated carbocycles. The first-order valence-electron chi connectivity index (χ1n) is 5.75. The van der Waals surface area contributed by atoms with Crippen molar-refractivity contribution in [2.24, 2.45) is 0 Å². The molecule has 0 radical (unpaired) electrons. The van der Waals surface area contributed by atoms with Crippen LogP contribution in [0.4, 0.5) is 12.3 Å². The Hall–Kier alpha value is 0.00377. The first-order valence-corrected chi connectivity index (χ1v) is 11.8. The summed E-state index contributed by atoms with van der Waals surface area (Å²) in [7, 11) is -6.55. The van der Waals surface area contributed by atoms with Gasteiger partial charge in [-0.05, 0) is 18.9 Å². The molecule has 1 nitrogen and oxygen atoms in total. The minimum atomic E-state index is -5.18. The number of nitriles is 1. The molecule has 0 fully saturated rings. The standard InChI is InChI=1S/C6H12ClNSi.C4H9F3Si/c1-9(2,7)6-4-3-5-8;1-2-3-4-8(5,6)7/h3-4,6H2,1-2H3;2-4H2,1H3. The fourth-order valence-corrected chi connectivity index (χ4v) is 3.14. The van der Waals surface area contributed by atoms with Crippen LogP contribution >= 0.6 is 11.1 Å². The van der Waals surface area contributed by atoms with Crippen molar-refractivity contribution in [3.63, 3.8) is 0 Å². The number of hydrogen-bond acceptors (Lipinski definition) is 1. The summed E-state index contributed by atoms with van der Waals surface area (Å²) in [5, 5.41) is 8.19. The summed E-state index contributed by atoms with van der Waals surface area (Å²) in [6, 6.07) is 2.66. The Bertz CT molecular complexity index is 221. The van der Waals surface area contributed by atoms with Crippen LogP contribution in [0.15, 0.2) is 0 Å². The van der Waals surface area contributed by atoms with E-state index in [1.165, 1.54) is 0 Å². The van der Waals surface area contributed by atoms with Crippen LogP contribution in [-0.2, 0) is 0 Å². The van der Waals surface area contributed by atoms with E-state index in [9.17, 15) is 12.3 Å². The number of hydrogen-bond donors (Lipinski definition) is 0. The van der Waals surface area contributed by atoms with Gasteiger partial charge in [-0.25, -0.2) is 12.3 Å². The third-order valence-corrected chi connectivity index (χ3v) is 4.90. The van der Waals surface area contributed by atoms with Gasteiger partial charge in [-0.15, -0.1) is 0 Å². The molecule has 0 saturated heterocycles. The maximum atomic E-state index is 11.4. The predicted octanol–water partition coefficient (Wildman–Crippen LogP) is 5.37. The van der Waals surface area contributed by atoms with E-state index in [1.807, 2.05) is 0 Å². The van der Waals surface area contributed by atoms with E-state index in [0.717, 1.165) is 12.5 Å². The molecular formula is C10H21ClF3NSi2. The molecule has 0 aromatic carbocycles. The molecule has 0 unspecified atom stereocenters. The van der Waals surface area contributed by atoms with E-state index < -0.39 is 22.5 Å². The molecule has 0 aliphatic heterocycles. The van der Waals surface area contributed by atoms with Crippen molar-refractivity contribution in [3.05, 3.63) is 0 Å². The van der Waals surface area contributed by atoms with Crippen LogP contribution in [0, 0.1) is 11.3 Å². The Balaban J connectivity index is 0. The molecular weight excluding hydrogens is 283 g/mol. The van der Waals surface area contributed by atoms with Gasteiger partial charge in [0.2, 0.25) is 0 Å². The molecule has 0 atom stereocenters. The van der Waals surface area contributed by atoms with Gasteiger partial charge in [-0.3, -0.25) is 0 Å². The maximum absolute atomic E-state index is 11.4. The predicted molar refractivity (Wildman–Crippen MR) is 71.8 cm³/mol. The van der Waals surface area contributed by atoms with Crippen LogP contribution in [0.25, 0.3) is 0 Å². The van der Waals surface area contributed by atoms with E-state index in [-0.39, 0.29) is 0 Å². The topological polar surface area (TPSA) is 23.8 Å². The number of nitrogens with zero attached hydrogens (tertiary/aromatic N) is 1. The molecule has 0 rings (SSSR count). The monoisotopic (exact) mass is 303 g/mol. The molecule has 102 valence electrons. The Morgan fingerprint density at radius 3 is 1.88 bits per heavy atom. The summed E-state index contributed by atoms with van der Waals surface area (Å²) in [5.74, 6) is 0. The van der Waals surface area contributed by atoms with Gasteiger partial charge >= 0.3 is 9.08 Å². The van der Waals surface area contributed by atoms with Crippen LogP contribution in [0.3, 0.4) is 0 Å². The van der Waals surface area contributed by atoms with Crippen LogP contribution in [0.5, 0.6) is 0 Å². The second kappa shape index (κ2) is 9.98. The van der Waals surface area contributed by atoms with Crippen molar-refractivity contribution in [1.29, 1.82) is 5.26 Å². The van der Waals surface area contributed by atoms with Gasteiger partial charge in [0, 0.05) is 12.5 Å². The third-order valence-electron chi connectivity index (χ3n) is 1.87. The van der Waals surface area contributed by atoms with Gasteiger partial charge in [0.15, 0.2) is 7.38 Å². The smallest absolute Gasteiger partial charge is 0.238 e. The maximum Gasteiger partial charge on any atom is 0.616 e. The first-order chi connectivity index (χ1) is 7.62. The zero-order valence-electron chi connectivity index (χ0n) is 10.7. The van der Waals surface area contributed by atoms with E-state index in [4.69, 9.17) is 16.3 Å².